The molecule has 148 valence electrons. The number of sulfonamides is 1. The summed E-state index contributed by atoms with van der Waals surface area (Å²) in [5.41, 5.74) is -0.142. The van der Waals surface area contributed by atoms with Gasteiger partial charge in [0.25, 0.3) is 0 Å². The Morgan fingerprint density at radius 1 is 1.08 bits per heavy atom. The van der Waals surface area contributed by atoms with Crippen molar-refractivity contribution in [2.24, 2.45) is 0 Å². The van der Waals surface area contributed by atoms with Gasteiger partial charge in [-0.2, -0.15) is 13.2 Å². The van der Waals surface area contributed by atoms with Gasteiger partial charge >= 0.3 is 12.1 Å². The fraction of sp³-hybridized carbons (Fsp3) is 0.562. The number of alkyl halides is 3. The first-order chi connectivity index (χ1) is 11.8. The summed E-state index contributed by atoms with van der Waals surface area (Å²) in [5.74, 6) is -2.12. The smallest absolute Gasteiger partial charge is 0.318 e. The number of halogens is 3. The van der Waals surface area contributed by atoms with Crippen LogP contribution in [0, 0.1) is 0 Å². The average Bonchev–Trinajstić information content (AvgIpc) is 2.50. The number of rotatable bonds is 8. The first-order valence-corrected chi connectivity index (χ1v) is 9.56. The van der Waals surface area contributed by atoms with E-state index in [4.69, 9.17) is 0 Å². The third kappa shape index (κ3) is 6.58. The summed E-state index contributed by atoms with van der Waals surface area (Å²) < 4.78 is 63.6. The Balaban J connectivity index is 2.71. The Labute approximate surface area is 151 Å². The van der Waals surface area contributed by atoms with E-state index in [0.717, 1.165) is 24.3 Å². The minimum Gasteiger partial charge on any atom is -0.318 e. The fourth-order valence-electron chi connectivity index (χ4n) is 2.42. The van der Waals surface area contributed by atoms with Crippen LogP contribution >= 0.6 is 0 Å². The second kappa shape index (κ2) is 8.83. The Morgan fingerprint density at radius 2 is 1.58 bits per heavy atom. The van der Waals surface area contributed by atoms with Crippen molar-refractivity contribution in [1.29, 1.82) is 0 Å². The minimum absolute atomic E-state index is 0.0943. The standard InChI is InChI=1S/C16H24F3N3O3S/c1-11(2)22(12(3)4)10-9-20-26(24,25)14-7-5-13(6-8-14)21-15(23)16(17,18)19/h5-8,11-12,20H,9-10H2,1-4H3,(H,21,23). The third-order valence-corrected chi connectivity index (χ3v) is 5.15. The summed E-state index contributed by atoms with van der Waals surface area (Å²) in [6.07, 6.45) is -5.01. The molecule has 0 bridgehead atoms. The average molecular weight is 395 g/mol. The van der Waals surface area contributed by atoms with Gasteiger partial charge in [0.15, 0.2) is 0 Å². The Hall–Kier alpha value is -1.65. The Bertz CT molecular complexity index is 694. The summed E-state index contributed by atoms with van der Waals surface area (Å²) in [5, 5.41) is 1.66. The molecule has 2 N–H and O–H groups in total. The summed E-state index contributed by atoms with van der Waals surface area (Å²) >= 11 is 0. The maximum Gasteiger partial charge on any atom is 0.471 e. The van der Waals surface area contributed by atoms with E-state index in [-0.39, 0.29) is 29.2 Å². The summed E-state index contributed by atoms with van der Waals surface area (Å²) in [6, 6.07) is 5.00. The van der Waals surface area contributed by atoms with Crippen molar-refractivity contribution < 1.29 is 26.4 Å². The molecule has 0 aromatic heterocycles. The number of nitrogens with zero attached hydrogens (tertiary/aromatic N) is 1. The van der Waals surface area contributed by atoms with Crippen molar-refractivity contribution in [2.45, 2.75) is 50.9 Å². The van der Waals surface area contributed by atoms with Crippen molar-refractivity contribution in [3.05, 3.63) is 24.3 Å². The van der Waals surface area contributed by atoms with Crippen LogP contribution < -0.4 is 10.0 Å². The molecule has 0 radical (unpaired) electrons. The van der Waals surface area contributed by atoms with E-state index in [2.05, 4.69) is 9.62 Å². The third-order valence-electron chi connectivity index (χ3n) is 3.67. The highest BCUT2D eigenvalue weighted by molar-refractivity contribution is 7.89. The predicted octanol–water partition coefficient (Wildman–Crippen LogP) is 2.58. The second-order valence-electron chi connectivity index (χ2n) is 6.30. The van der Waals surface area contributed by atoms with Crippen LogP contribution in [0.5, 0.6) is 0 Å². The van der Waals surface area contributed by atoms with Crippen LogP contribution in [-0.2, 0) is 14.8 Å². The van der Waals surface area contributed by atoms with Crippen molar-refractivity contribution >= 4 is 21.6 Å². The molecule has 0 saturated carbocycles. The zero-order valence-corrected chi connectivity index (χ0v) is 15.9. The molecule has 0 heterocycles. The van der Waals surface area contributed by atoms with Gasteiger partial charge in [0, 0.05) is 30.9 Å². The SMILES string of the molecule is CC(C)N(CCNS(=O)(=O)c1ccc(NC(=O)C(F)(F)F)cc1)C(C)C. The number of amides is 1. The molecular weight excluding hydrogens is 371 g/mol. The number of nitrogens with one attached hydrogen (secondary N) is 2. The molecule has 0 unspecified atom stereocenters. The van der Waals surface area contributed by atoms with Crippen LogP contribution in [0.15, 0.2) is 29.2 Å². The van der Waals surface area contributed by atoms with Crippen LogP contribution in [0.1, 0.15) is 27.7 Å². The lowest BCUT2D eigenvalue weighted by Gasteiger charge is -2.30. The lowest BCUT2D eigenvalue weighted by atomic mass is 10.2. The molecular formula is C16H24F3N3O3S. The number of carbonyl (C=O) groups excluding carboxylic acids is 1. The molecule has 0 fully saturated rings. The van der Waals surface area contributed by atoms with Gasteiger partial charge in [-0.1, -0.05) is 0 Å². The molecule has 1 amide bonds. The number of carbonyl (C=O) groups is 1. The van der Waals surface area contributed by atoms with E-state index >= 15 is 0 Å². The number of hydrogen-bond donors (Lipinski definition) is 2. The summed E-state index contributed by atoms with van der Waals surface area (Å²) in [4.78, 5) is 12.9. The molecule has 0 aliphatic carbocycles. The lowest BCUT2D eigenvalue weighted by molar-refractivity contribution is -0.167. The van der Waals surface area contributed by atoms with Gasteiger partial charge in [0.1, 0.15) is 0 Å². The maximum absolute atomic E-state index is 12.2. The summed E-state index contributed by atoms with van der Waals surface area (Å²) in [6.45, 7) is 8.79. The zero-order valence-electron chi connectivity index (χ0n) is 15.1. The van der Waals surface area contributed by atoms with Gasteiger partial charge in [-0.25, -0.2) is 13.1 Å². The Morgan fingerprint density at radius 3 is 2.00 bits per heavy atom. The van der Waals surface area contributed by atoms with E-state index in [0.29, 0.717) is 6.54 Å². The summed E-state index contributed by atoms with van der Waals surface area (Å²) in [7, 11) is -3.79. The number of anilines is 1. The van der Waals surface area contributed by atoms with Crippen LogP contribution in [0.4, 0.5) is 18.9 Å². The van der Waals surface area contributed by atoms with Crippen molar-refractivity contribution in [3.63, 3.8) is 0 Å². The number of benzene rings is 1. The van der Waals surface area contributed by atoms with Crippen molar-refractivity contribution in [1.82, 2.24) is 9.62 Å². The molecule has 1 rings (SSSR count). The van der Waals surface area contributed by atoms with Crippen LogP contribution in [0.25, 0.3) is 0 Å². The van der Waals surface area contributed by atoms with E-state index in [1.807, 2.05) is 27.7 Å². The van der Waals surface area contributed by atoms with E-state index < -0.39 is 22.1 Å². The van der Waals surface area contributed by atoms with Crippen LogP contribution in [0.3, 0.4) is 0 Å². The molecule has 0 aliphatic rings. The molecule has 0 saturated heterocycles. The highest BCUT2D eigenvalue weighted by atomic mass is 32.2. The van der Waals surface area contributed by atoms with E-state index in [1.165, 1.54) is 0 Å². The van der Waals surface area contributed by atoms with Gasteiger partial charge in [-0.3, -0.25) is 9.69 Å². The number of hydrogen-bond acceptors (Lipinski definition) is 4. The predicted molar refractivity (Wildman–Crippen MR) is 93.3 cm³/mol. The molecule has 10 heteroatoms. The molecule has 6 nitrogen and oxygen atoms in total. The zero-order chi connectivity index (χ0) is 20.1. The minimum atomic E-state index is -5.01. The van der Waals surface area contributed by atoms with Gasteiger partial charge in [0.05, 0.1) is 4.90 Å². The van der Waals surface area contributed by atoms with E-state index in [9.17, 15) is 26.4 Å². The molecule has 0 spiro atoms. The quantitative estimate of drug-likeness (QED) is 0.709. The first-order valence-electron chi connectivity index (χ1n) is 8.08. The van der Waals surface area contributed by atoms with Crippen LogP contribution in [-0.4, -0.2) is 50.6 Å². The monoisotopic (exact) mass is 395 g/mol. The van der Waals surface area contributed by atoms with E-state index in [1.54, 1.807) is 5.32 Å². The lowest BCUT2D eigenvalue weighted by Crippen LogP contribution is -2.42. The van der Waals surface area contributed by atoms with Crippen molar-refractivity contribution in [3.8, 4) is 0 Å². The largest absolute Gasteiger partial charge is 0.471 e. The normalized spacial score (nSPS) is 12.8. The molecule has 26 heavy (non-hydrogen) atoms. The van der Waals surface area contributed by atoms with Gasteiger partial charge < -0.3 is 5.32 Å². The highest BCUT2D eigenvalue weighted by Crippen LogP contribution is 2.19. The fourth-order valence-corrected chi connectivity index (χ4v) is 3.45. The molecule has 1 aromatic rings. The first kappa shape index (κ1) is 22.4. The highest BCUT2D eigenvalue weighted by Gasteiger charge is 2.38. The molecule has 0 aliphatic heterocycles. The second-order valence-corrected chi connectivity index (χ2v) is 8.07. The van der Waals surface area contributed by atoms with Gasteiger partial charge in [0.2, 0.25) is 10.0 Å². The molecule has 1 aromatic carbocycles. The van der Waals surface area contributed by atoms with Gasteiger partial charge in [-0.15, -0.1) is 0 Å². The van der Waals surface area contributed by atoms with Crippen molar-refractivity contribution in [2.75, 3.05) is 18.4 Å². The maximum atomic E-state index is 12.2. The molecule has 0 atom stereocenters. The Kier molecular flexibility index (Phi) is 7.60. The van der Waals surface area contributed by atoms with Gasteiger partial charge in [-0.05, 0) is 52.0 Å². The van der Waals surface area contributed by atoms with Crippen LogP contribution in [0.2, 0.25) is 0 Å². The topological polar surface area (TPSA) is 78.5 Å².